The summed E-state index contributed by atoms with van der Waals surface area (Å²) in [6.45, 7) is 3.87. The first-order valence-electron chi connectivity index (χ1n) is 10.6. The fourth-order valence-corrected chi connectivity index (χ4v) is 4.80. The highest BCUT2D eigenvalue weighted by Gasteiger charge is 2.51. The molecule has 2 fully saturated rings. The number of carbonyl (C=O) groups is 1. The number of carbonyl (C=O) groups excluding carboxylic acids is 1. The molecule has 0 aromatic heterocycles. The first kappa shape index (κ1) is 17.9. The topological polar surface area (TPSA) is 41.6 Å². The maximum atomic E-state index is 13.0. The third-order valence-corrected chi connectivity index (χ3v) is 6.72. The summed E-state index contributed by atoms with van der Waals surface area (Å²) in [5, 5.41) is 3.21. The van der Waals surface area contributed by atoms with Crippen molar-refractivity contribution < 1.29 is 9.53 Å². The number of benzene rings is 2. The van der Waals surface area contributed by atoms with Gasteiger partial charge in [0.2, 0.25) is 5.91 Å². The summed E-state index contributed by atoms with van der Waals surface area (Å²) in [5.41, 5.74) is 4.52. The molecule has 1 aliphatic carbocycles. The van der Waals surface area contributed by atoms with Gasteiger partial charge in [-0.2, -0.15) is 0 Å². The summed E-state index contributed by atoms with van der Waals surface area (Å²) in [4.78, 5) is 15.6. The van der Waals surface area contributed by atoms with Gasteiger partial charge in [-0.1, -0.05) is 36.4 Å². The van der Waals surface area contributed by atoms with Crippen LogP contribution in [0.25, 0.3) is 0 Å². The van der Waals surface area contributed by atoms with E-state index in [1.54, 1.807) is 0 Å². The first-order chi connectivity index (χ1) is 13.7. The number of anilines is 1. The highest BCUT2D eigenvalue weighted by molar-refractivity contribution is 6.01. The lowest BCUT2D eigenvalue weighted by molar-refractivity contribution is -0.118. The number of nitrogens with one attached hydrogen (secondary N) is 1. The van der Waals surface area contributed by atoms with Gasteiger partial charge in [-0.25, -0.2) is 0 Å². The van der Waals surface area contributed by atoms with E-state index in [9.17, 15) is 4.79 Å². The van der Waals surface area contributed by atoms with Gasteiger partial charge in [0.15, 0.2) is 0 Å². The van der Waals surface area contributed by atoms with Gasteiger partial charge in [0.1, 0.15) is 0 Å². The second kappa shape index (κ2) is 7.34. The highest BCUT2D eigenvalue weighted by Crippen LogP contribution is 2.49. The number of rotatable bonds is 4. The van der Waals surface area contributed by atoms with Gasteiger partial charge in [-0.05, 0) is 60.9 Å². The number of ether oxygens (including phenoxy) is 1. The minimum Gasteiger partial charge on any atom is -0.381 e. The van der Waals surface area contributed by atoms with Crippen molar-refractivity contribution in [1.29, 1.82) is 0 Å². The highest BCUT2D eigenvalue weighted by atomic mass is 16.5. The van der Waals surface area contributed by atoms with Crippen LogP contribution in [0.1, 0.15) is 42.4 Å². The van der Waals surface area contributed by atoms with Gasteiger partial charge < -0.3 is 10.1 Å². The maximum absolute atomic E-state index is 13.0. The monoisotopic (exact) mass is 376 g/mol. The molecule has 2 heterocycles. The minimum absolute atomic E-state index is 0.135. The fraction of sp³-hybridized carbons (Fsp3) is 0.458. The van der Waals surface area contributed by atoms with E-state index >= 15 is 0 Å². The molecule has 0 bridgehead atoms. The van der Waals surface area contributed by atoms with E-state index in [1.807, 2.05) is 18.2 Å². The van der Waals surface area contributed by atoms with E-state index in [0.717, 1.165) is 69.7 Å². The van der Waals surface area contributed by atoms with Crippen LogP contribution in [-0.4, -0.2) is 36.6 Å². The summed E-state index contributed by atoms with van der Waals surface area (Å²) in [6.07, 6.45) is 5.22. The molecule has 1 N–H and O–H groups in total. The van der Waals surface area contributed by atoms with Crippen LogP contribution in [0.15, 0.2) is 48.5 Å². The second-order valence-corrected chi connectivity index (χ2v) is 8.45. The molecule has 1 saturated carbocycles. The van der Waals surface area contributed by atoms with Gasteiger partial charge >= 0.3 is 0 Å². The van der Waals surface area contributed by atoms with Crippen molar-refractivity contribution in [2.45, 2.75) is 50.1 Å². The number of hydrogen-bond acceptors (Lipinski definition) is 3. The lowest BCUT2D eigenvalue weighted by atomic mass is 9.94. The third kappa shape index (κ3) is 3.36. The van der Waals surface area contributed by atoms with Crippen LogP contribution in [0.2, 0.25) is 0 Å². The number of fused-ring (bicyclic) bond motifs is 1. The van der Waals surface area contributed by atoms with Crippen molar-refractivity contribution in [2.75, 3.05) is 25.1 Å². The normalized spacial score (nSPS) is 21.7. The van der Waals surface area contributed by atoms with Gasteiger partial charge in [-0.3, -0.25) is 9.69 Å². The Hall–Kier alpha value is -2.17. The van der Waals surface area contributed by atoms with Gasteiger partial charge in [-0.15, -0.1) is 0 Å². The molecular weight excluding hydrogens is 348 g/mol. The molecule has 0 unspecified atom stereocenters. The minimum atomic E-state index is -0.328. The zero-order valence-electron chi connectivity index (χ0n) is 16.3. The predicted octanol–water partition coefficient (Wildman–Crippen LogP) is 3.89. The Kier molecular flexibility index (Phi) is 4.69. The Balaban J connectivity index is 1.30. The van der Waals surface area contributed by atoms with Crippen LogP contribution in [-0.2, 0) is 27.9 Å². The average Bonchev–Trinajstić information content (AvgIpc) is 3.57. The lowest BCUT2D eigenvalue weighted by Gasteiger charge is -2.37. The van der Waals surface area contributed by atoms with Crippen LogP contribution in [0.3, 0.4) is 0 Å². The summed E-state index contributed by atoms with van der Waals surface area (Å²) in [5.74, 6) is 0.135. The summed E-state index contributed by atoms with van der Waals surface area (Å²) < 4.78 is 5.52. The van der Waals surface area contributed by atoms with Gasteiger partial charge in [0.05, 0.1) is 5.41 Å². The van der Waals surface area contributed by atoms with Crippen LogP contribution >= 0.6 is 0 Å². The SMILES string of the molecule is O=C(Nc1ccc2c(c1)CN(C1CCOCC1)CC2)C1(c2ccccc2)CC1. The smallest absolute Gasteiger partial charge is 0.235 e. The van der Waals surface area contributed by atoms with Crippen LogP contribution in [0.5, 0.6) is 0 Å². The zero-order chi connectivity index (χ0) is 19.0. The maximum Gasteiger partial charge on any atom is 0.235 e. The molecule has 28 heavy (non-hydrogen) atoms. The van der Waals surface area contributed by atoms with Crippen molar-refractivity contribution in [2.24, 2.45) is 0 Å². The molecule has 4 heteroatoms. The Labute approximate surface area is 166 Å². The summed E-state index contributed by atoms with van der Waals surface area (Å²) in [7, 11) is 0. The zero-order valence-corrected chi connectivity index (χ0v) is 16.3. The number of hydrogen-bond donors (Lipinski definition) is 1. The molecule has 0 spiro atoms. The van der Waals surface area contributed by atoms with Crippen molar-refractivity contribution in [3.63, 3.8) is 0 Å². The molecule has 3 aliphatic rings. The van der Waals surface area contributed by atoms with Crippen LogP contribution < -0.4 is 5.32 Å². The summed E-state index contributed by atoms with van der Waals surface area (Å²) >= 11 is 0. The molecule has 2 aromatic carbocycles. The molecule has 4 nitrogen and oxygen atoms in total. The molecule has 2 aliphatic heterocycles. The molecule has 2 aromatic rings. The van der Waals surface area contributed by atoms with Gasteiger partial charge in [0.25, 0.3) is 0 Å². The predicted molar refractivity (Wildman–Crippen MR) is 110 cm³/mol. The van der Waals surface area contributed by atoms with Crippen LogP contribution in [0.4, 0.5) is 5.69 Å². The number of nitrogens with zero attached hydrogens (tertiary/aromatic N) is 1. The summed E-state index contributed by atoms with van der Waals surface area (Å²) in [6, 6.07) is 17.3. The molecule has 146 valence electrons. The Morgan fingerprint density at radius 2 is 1.82 bits per heavy atom. The van der Waals surface area contributed by atoms with E-state index < -0.39 is 0 Å². The quantitative estimate of drug-likeness (QED) is 0.880. The molecule has 1 amide bonds. The van der Waals surface area contributed by atoms with Gasteiger partial charge in [0, 0.05) is 38.0 Å². The van der Waals surface area contributed by atoms with E-state index in [1.165, 1.54) is 11.1 Å². The van der Waals surface area contributed by atoms with E-state index in [-0.39, 0.29) is 11.3 Å². The Bertz CT molecular complexity index is 854. The molecule has 5 rings (SSSR count). The Morgan fingerprint density at radius 3 is 2.57 bits per heavy atom. The van der Waals surface area contributed by atoms with E-state index in [2.05, 4.69) is 40.5 Å². The van der Waals surface area contributed by atoms with Crippen molar-refractivity contribution in [1.82, 2.24) is 4.90 Å². The van der Waals surface area contributed by atoms with Crippen LogP contribution in [0, 0.1) is 0 Å². The van der Waals surface area contributed by atoms with E-state index in [0.29, 0.717) is 6.04 Å². The largest absolute Gasteiger partial charge is 0.381 e. The standard InChI is InChI=1S/C24H28N2O2/c27-23(24(11-12-24)20-4-2-1-3-5-20)25-21-7-6-18-8-13-26(17-19(18)16-21)22-9-14-28-15-10-22/h1-7,16,22H,8-15,17H2,(H,25,27). The molecule has 0 radical (unpaired) electrons. The van der Waals surface area contributed by atoms with Crippen molar-refractivity contribution >= 4 is 11.6 Å². The molecular formula is C24H28N2O2. The average molecular weight is 377 g/mol. The Morgan fingerprint density at radius 1 is 1.04 bits per heavy atom. The van der Waals surface area contributed by atoms with E-state index in [4.69, 9.17) is 4.74 Å². The molecule has 0 atom stereocenters. The first-order valence-corrected chi connectivity index (χ1v) is 10.6. The third-order valence-electron chi connectivity index (χ3n) is 6.72. The fourth-order valence-electron chi connectivity index (χ4n) is 4.80. The number of amides is 1. The molecule has 1 saturated heterocycles. The second-order valence-electron chi connectivity index (χ2n) is 8.45. The van der Waals surface area contributed by atoms with Crippen molar-refractivity contribution in [3.8, 4) is 0 Å². The van der Waals surface area contributed by atoms with Crippen molar-refractivity contribution in [3.05, 3.63) is 65.2 Å². The lowest BCUT2D eigenvalue weighted by Crippen LogP contribution is -2.42.